The van der Waals surface area contributed by atoms with Crippen molar-refractivity contribution in [3.63, 3.8) is 0 Å². The van der Waals surface area contributed by atoms with Gasteiger partial charge in [0.15, 0.2) is 0 Å². The fourth-order valence-electron chi connectivity index (χ4n) is 4.95. The van der Waals surface area contributed by atoms with Crippen LogP contribution in [-0.2, 0) is 19.7 Å². The maximum Gasteiger partial charge on any atom is 0.469 e. The Morgan fingerprint density at radius 3 is 1.77 bits per heavy atom. The van der Waals surface area contributed by atoms with E-state index in [0.717, 1.165) is 12.1 Å². The first-order valence-electron chi connectivity index (χ1n) is 13.0. The van der Waals surface area contributed by atoms with Crippen LogP contribution in [0.4, 0.5) is 43.9 Å². The summed E-state index contributed by atoms with van der Waals surface area (Å²) in [6.45, 7) is 6.55. The summed E-state index contributed by atoms with van der Waals surface area (Å²) >= 11 is 0. The standard InChI is InChI=1S/C17H7F10NO4S2.C9H20N/c18-14(19,20)16(24,25)33(29,30)11-6-9-8-4-2-1-3-7(8)5-10(9)12(28)13(11)34(31,32)17(26,27)15(21,22)23;1-3-4-7-10(2)8-5-6-9-10/h1-6,28H;3-9H2,1-2H3/q;+1. The summed E-state index contributed by atoms with van der Waals surface area (Å²) in [6, 6.07) is 4.95. The van der Waals surface area contributed by atoms with E-state index >= 15 is 0 Å². The van der Waals surface area contributed by atoms with E-state index < -0.39 is 69.2 Å². The lowest BCUT2D eigenvalue weighted by Crippen LogP contribution is -2.48. The molecule has 1 N–H and O–H groups in total. The van der Waals surface area contributed by atoms with Crippen molar-refractivity contribution in [3.8, 4) is 0 Å². The highest BCUT2D eigenvalue weighted by Crippen LogP contribution is 2.52. The van der Waals surface area contributed by atoms with Crippen LogP contribution in [0.2, 0.25) is 0 Å². The van der Waals surface area contributed by atoms with Crippen LogP contribution in [0.3, 0.4) is 0 Å². The molecule has 0 unspecified atom stereocenters. The fraction of sp³-hybridized carbons (Fsp3) is 0.500. The minimum atomic E-state index is -7.40. The van der Waals surface area contributed by atoms with Crippen molar-refractivity contribution in [1.82, 2.24) is 0 Å². The van der Waals surface area contributed by atoms with Crippen molar-refractivity contribution in [3.05, 3.63) is 56.9 Å². The SMILES string of the molecule is CCCC[N+]1(C)CCCC1.N=C1C2=Cc3ccccc3C2=CC(S(=O)(=O)C(F)(F)C(F)(F)F)=C1S(=O)(=O)C(F)(F)C(F)(F)F. The smallest absolute Gasteiger partial charge is 0.326 e. The summed E-state index contributed by atoms with van der Waals surface area (Å²) in [5, 5.41) is -5.85. The summed E-state index contributed by atoms with van der Waals surface area (Å²) in [4.78, 5) is -5.57. The fourth-order valence-corrected chi connectivity index (χ4v) is 8.07. The minimum Gasteiger partial charge on any atom is -0.326 e. The van der Waals surface area contributed by atoms with Gasteiger partial charge in [-0.2, -0.15) is 43.9 Å². The van der Waals surface area contributed by atoms with Crippen LogP contribution in [0.15, 0.2) is 45.7 Å². The lowest BCUT2D eigenvalue weighted by Gasteiger charge is -2.28. The highest BCUT2D eigenvalue weighted by molar-refractivity contribution is 8.01. The molecule has 6 nitrogen and oxygen atoms in total. The topological polar surface area (TPSA) is 92.1 Å². The molecule has 2 aliphatic carbocycles. The Bertz CT molecular complexity index is 1630. The van der Waals surface area contributed by atoms with Gasteiger partial charge in [-0.15, -0.1) is 0 Å². The predicted octanol–water partition coefficient (Wildman–Crippen LogP) is 6.88. The van der Waals surface area contributed by atoms with Crippen molar-refractivity contribution in [2.45, 2.75) is 55.5 Å². The Morgan fingerprint density at radius 2 is 1.27 bits per heavy atom. The zero-order valence-electron chi connectivity index (χ0n) is 23.1. The number of alkyl halides is 10. The van der Waals surface area contributed by atoms with Gasteiger partial charge in [0.25, 0.3) is 19.7 Å². The van der Waals surface area contributed by atoms with Crippen molar-refractivity contribution < 1.29 is 65.2 Å². The van der Waals surface area contributed by atoms with Crippen LogP contribution in [-0.4, -0.2) is 76.6 Å². The largest absolute Gasteiger partial charge is 0.469 e. The first-order chi connectivity index (χ1) is 19.9. The zero-order chi connectivity index (χ0) is 33.7. The molecule has 1 heterocycles. The van der Waals surface area contributed by atoms with Crippen LogP contribution in [0, 0.1) is 5.41 Å². The van der Waals surface area contributed by atoms with E-state index in [4.69, 9.17) is 5.41 Å². The average molecular weight is 686 g/mol. The third kappa shape index (κ3) is 5.96. The molecule has 44 heavy (non-hydrogen) atoms. The molecule has 1 saturated heterocycles. The second kappa shape index (κ2) is 11.6. The molecule has 0 bridgehead atoms. The van der Waals surface area contributed by atoms with Crippen molar-refractivity contribution in [1.29, 1.82) is 5.41 Å². The number of rotatable bonds is 7. The molecule has 0 amide bonds. The second-order valence-corrected chi connectivity index (χ2v) is 14.5. The van der Waals surface area contributed by atoms with Crippen LogP contribution < -0.4 is 0 Å². The molecule has 0 spiro atoms. The van der Waals surface area contributed by atoms with Crippen LogP contribution >= 0.6 is 0 Å². The van der Waals surface area contributed by atoms with Gasteiger partial charge in [-0.1, -0.05) is 37.6 Å². The molecule has 0 atom stereocenters. The van der Waals surface area contributed by atoms with Gasteiger partial charge < -0.3 is 4.48 Å². The molecule has 4 rings (SSSR count). The number of unbranched alkanes of at least 4 members (excludes halogenated alkanes) is 1. The van der Waals surface area contributed by atoms with Gasteiger partial charge in [0, 0.05) is 18.4 Å². The Labute approximate surface area is 246 Å². The van der Waals surface area contributed by atoms with E-state index in [0.29, 0.717) is 0 Å². The molecular weight excluding hydrogens is 658 g/mol. The molecule has 0 radical (unpaired) electrons. The quantitative estimate of drug-likeness (QED) is 0.250. The lowest BCUT2D eigenvalue weighted by atomic mass is 9.95. The van der Waals surface area contributed by atoms with Gasteiger partial charge in [0.2, 0.25) is 0 Å². The number of sulfone groups is 2. The second-order valence-electron chi connectivity index (χ2n) is 10.7. The summed E-state index contributed by atoms with van der Waals surface area (Å²) in [5.74, 6) is 0. The number of halogens is 10. The molecule has 3 aliphatic rings. The summed E-state index contributed by atoms with van der Waals surface area (Å²) in [5.41, 5.74) is -3.48. The van der Waals surface area contributed by atoms with Crippen LogP contribution in [0.25, 0.3) is 11.6 Å². The maximum atomic E-state index is 13.9. The molecule has 1 fully saturated rings. The number of hydrogen-bond acceptors (Lipinski definition) is 5. The molecule has 246 valence electrons. The van der Waals surface area contributed by atoms with Crippen molar-refractivity contribution >= 4 is 37.0 Å². The van der Waals surface area contributed by atoms with E-state index in [2.05, 4.69) is 14.0 Å². The van der Waals surface area contributed by atoms with Gasteiger partial charge in [-0.05, 0) is 35.3 Å². The zero-order valence-corrected chi connectivity index (χ0v) is 24.7. The van der Waals surface area contributed by atoms with Crippen molar-refractivity contribution in [2.24, 2.45) is 0 Å². The van der Waals surface area contributed by atoms with E-state index in [9.17, 15) is 60.7 Å². The number of nitrogens with one attached hydrogen (secondary N) is 1. The monoisotopic (exact) mass is 685 g/mol. The van der Waals surface area contributed by atoms with Gasteiger partial charge >= 0.3 is 22.9 Å². The van der Waals surface area contributed by atoms with Gasteiger partial charge in [-0.3, -0.25) is 5.41 Å². The first kappa shape index (κ1) is 35.7. The third-order valence-electron chi connectivity index (χ3n) is 7.43. The Kier molecular flexibility index (Phi) is 9.40. The van der Waals surface area contributed by atoms with Gasteiger partial charge in [-0.25, -0.2) is 16.8 Å². The Balaban J connectivity index is 0.000000448. The molecule has 18 heteroatoms. The van der Waals surface area contributed by atoms with E-state index in [1.807, 2.05) is 0 Å². The highest BCUT2D eigenvalue weighted by Gasteiger charge is 2.72. The van der Waals surface area contributed by atoms with Gasteiger partial charge in [0.05, 0.1) is 37.3 Å². The van der Waals surface area contributed by atoms with Crippen LogP contribution in [0.1, 0.15) is 43.7 Å². The minimum absolute atomic E-state index is 0.0223. The summed E-state index contributed by atoms with van der Waals surface area (Å²) in [7, 11) is -12.3. The first-order valence-corrected chi connectivity index (χ1v) is 15.9. The molecular formula is C26H27F10N2O4S2+. The number of allylic oxidation sites excluding steroid dienone is 4. The lowest BCUT2D eigenvalue weighted by molar-refractivity contribution is -0.897. The normalized spacial score (nSPS) is 19.1. The molecule has 1 aromatic carbocycles. The summed E-state index contributed by atoms with van der Waals surface area (Å²) < 4.78 is 183. The number of likely N-dealkylation sites (tertiary alicyclic amines) is 1. The van der Waals surface area contributed by atoms with E-state index in [1.54, 1.807) is 0 Å². The summed E-state index contributed by atoms with van der Waals surface area (Å²) in [6.07, 6.45) is -7.53. The number of fused-ring (bicyclic) bond motifs is 3. The third-order valence-corrected chi connectivity index (χ3v) is 11.2. The number of hydrogen-bond donors (Lipinski definition) is 1. The van der Waals surface area contributed by atoms with E-state index in [1.165, 1.54) is 68.0 Å². The van der Waals surface area contributed by atoms with Crippen molar-refractivity contribution in [2.75, 3.05) is 26.7 Å². The number of benzene rings is 1. The predicted molar refractivity (Wildman–Crippen MR) is 142 cm³/mol. The number of nitrogens with zero attached hydrogens (tertiary/aromatic N) is 1. The number of quaternary nitrogens is 1. The highest BCUT2D eigenvalue weighted by atomic mass is 32.2. The average Bonchev–Trinajstić information content (AvgIpc) is 3.50. The van der Waals surface area contributed by atoms with E-state index in [-0.39, 0.29) is 17.2 Å². The molecule has 0 aromatic heterocycles. The molecule has 1 aromatic rings. The van der Waals surface area contributed by atoms with Gasteiger partial charge in [0.1, 0.15) is 4.91 Å². The Morgan fingerprint density at radius 1 is 0.773 bits per heavy atom. The van der Waals surface area contributed by atoms with Crippen LogP contribution in [0.5, 0.6) is 0 Å². The Hall–Kier alpha value is -2.73. The molecule has 1 aliphatic heterocycles. The maximum absolute atomic E-state index is 13.9. The molecule has 0 saturated carbocycles.